The molecule has 0 aliphatic rings. The van der Waals surface area contributed by atoms with Crippen LogP contribution in [0.3, 0.4) is 0 Å². The number of benzene rings is 2. The third-order valence-corrected chi connectivity index (χ3v) is 4.18. The second-order valence-corrected chi connectivity index (χ2v) is 6.08. The third kappa shape index (κ3) is 5.45. The third-order valence-electron chi connectivity index (χ3n) is 3.18. The lowest BCUT2D eigenvalue weighted by atomic mass is 10.1. The van der Waals surface area contributed by atoms with Crippen LogP contribution in [0.15, 0.2) is 48.5 Å². The van der Waals surface area contributed by atoms with Gasteiger partial charge >= 0.3 is 5.97 Å². The van der Waals surface area contributed by atoms with Crippen LogP contribution in [0.2, 0.25) is 0 Å². The largest absolute Gasteiger partial charge is 0.465 e. The van der Waals surface area contributed by atoms with E-state index < -0.39 is 0 Å². The first-order valence-electron chi connectivity index (χ1n) is 7.20. The van der Waals surface area contributed by atoms with Crippen molar-refractivity contribution >= 4 is 29.3 Å². The highest BCUT2D eigenvalue weighted by atomic mass is 32.2. The quantitative estimate of drug-likeness (QED) is 0.822. The standard InChI is InChI=1S/C18H19NO3S/c1-13-4-3-5-16(10-13)19-17(20)12-23-11-14-6-8-15(9-7-14)18(21)22-2/h3-10H,11-12H2,1-2H3,(H,19,20). The molecule has 2 rings (SSSR count). The molecule has 23 heavy (non-hydrogen) atoms. The van der Waals surface area contributed by atoms with Crippen molar-refractivity contribution in [2.45, 2.75) is 12.7 Å². The number of rotatable bonds is 6. The Morgan fingerprint density at radius 2 is 1.87 bits per heavy atom. The molecule has 0 saturated carbocycles. The van der Waals surface area contributed by atoms with Crippen LogP contribution < -0.4 is 5.32 Å². The van der Waals surface area contributed by atoms with Crippen molar-refractivity contribution in [2.75, 3.05) is 18.2 Å². The maximum atomic E-state index is 11.9. The van der Waals surface area contributed by atoms with Gasteiger partial charge < -0.3 is 10.1 Å². The van der Waals surface area contributed by atoms with E-state index in [0.717, 1.165) is 16.8 Å². The summed E-state index contributed by atoms with van der Waals surface area (Å²) < 4.78 is 4.66. The number of methoxy groups -OCH3 is 1. The van der Waals surface area contributed by atoms with E-state index in [1.165, 1.54) is 18.9 Å². The molecular weight excluding hydrogens is 310 g/mol. The van der Waals surface area contributed by atoms with Gasteiger partial charge in [0.25, 0.3) is 0 Å². The zero-order chi connectivity index (χ0) is 16.7. The summed E-state index contributed by atoms with van der Waals surface area (Å²) >= 11 is 1.53. The molecule has 0 fully saturated rings. The number of hydrogen-bond donors (Lipinski definition) is 1. The molecule has 0 radical (unpaired) electrons. The summed E-state index contributed by atoms with van der Waals surface area (Å²) in [4.78, 5) is 23.2. The maximum Gasteiger partial charge on any atom is 0.337 e. The first kappa shape index (κ1) is 17.1. The van der Waals surface area contributed by atoms with Gasteiger partial charge in [-0.15, -0.1) is 11.8 Å². The SMILES string of the molecule is COC(=O)c1ccc(CSCC(=O)Nc2cccc(C)c2)cc1. The average Bonchev–Trinajstić information content (AvgIpc) is 2.55. The summed E-state index contributed by atoms with van der Waals surface area (Å²) in [6, 6.07) is 14.9. The van der Waals surface area contributed by atoms with Crippen molar-refractivity contribution < 1.29 is 14.3 Å². The van der Waals surface area contributed by atoms with Crippen molar-refractivity contribution in [2.24, 2.45) is 0 Å². The molecule has 0 saturated heterocycles. The van der Waals surface area contributed by atoms with Crippen LogP contribution in [0, 0.1) is 6.92 Å². The van der Waals surface area contributed by atoms with Crippen molar-refractivity contribution in [3.05, 3.63) is 65.2 Å². The summed E-state index contributed by atoms with van der Waals surface area (Å²) in [5, 5.41) is 2.88. The molecule has 0 aliphatic carbocycles. The molecule has 0 unspecified atom stereocenters. The Balaban J connectivity index is 1.78. The number of esters is 1. The number of hydrogen-bond acceptors (Lipinski definition) is 4. The fraction of sp³-hybridized carbons (Fsp3) is 0.222. The molecule has 1 amide bonds. The van der Waals surface area contributed by atoms with Gasteiger partial charge in [-0.2, -0.15) is 0 Å². The van der Waals surface area contributed by atoms with Gasteiger partial charge in [0.15, 0.2) is 0 Å². The summed E-state index contributed by atoms with van der Waals surface area (Å²) in [6.07, 6.45) is 0. The molecular formula is C18H19NO3S. The Labute approximate surface area is 140 Å². The zero-order valence-corrected chi connectivity index (χ0v) is 14.0. The minimum Gasteiger partial charge on any atom is -0.465 e. The van der Waals surface area contributed by atoms with Gasteiger partial charge in [-0.3, -0.25) is 4.79 Å². The molecule has 2 aromatic carbocycles. The number of nitrogens with one attached hydrogen (secondary N) is 1. The molecule has 120 valence electrons. The molecule has 0 aliphatic heterocycles. The Hall–Kier alpha value is -2.27. The second kappa shape index (κ2) is 8.39. The van der Waals surface area contributed by atoms with Gasteiger partial charge in [-0.05, 0) is 42.3 Å². The van der Waals surface area contributed by atoms with Gasteiger partial charge in [0.05, 0.1) is 18.4 Å². The Morgan fingerprint density at radius 3 is 2.52 bits per heavy atom. The molecule has 4 nitrogen and oxygen atoms in total. The van der Waals surface area contributed by atoms with Crippen molar-refractivity contribution in [3.63, 3.8) is 0 Å². The van der Waals surface area contributed by atoms with E-state index in [0.29, 0.717) is 17.1 Å². The van der Waals surface area contributed by atoms with Gasteiger partial charge in [-0.1, -0.05) is 24.3 Å². The van der Waals surface area contributed by atoms with Crippen LogP contribution >= 0.6 is 11.8 Å². The summed E-state index contributed by atoms with van der Waals surface area (Å²) in [7, 11) is 1.36. The first-order valence-corrected chi connectivity index (χ1v) is 8.35. The predicted molar refractivity (Wildman–Crippen MR) is 93.8 cm³/mol. The predicted octanol–water partition coefficient (Wildman–Crippen LogP) is 3.65. The van der Waals surface area contributed by atoms with Crippen LogP contribution in [-0.4, -0.2) is 24.7 Å². The van der Waals surface area contributed by atoms with Crippen molar-refractivity contribution in [1.29, 1.82) is 0 Å². The Bertz CT molecular complexity index is 683. The van der Waals surface area contributed by atoms with E-state index in [1.54, 1.807) is 12.1 Å². The Morgan fingerprint density at radius 1 is 1.13 bits per heavy atom. The lowest BCUT2D eigenvalue weighted by Gasteiger charge is -2.06. The Kier molecular flexibility index (Phi) is 6.23. The van der Waals surface area contributed by atoms with Crippen LogP contribution in [0.5, 0.6) is 0 Å². The number of aryl methyl sites for hydroxylation is 1. The fourth-order valence-corrected chi connectivity index (χ4v) is 2.82. The van der Waals surface area contributed by atoms with Crippen LogP contribution in [0.25, 0.3) is 0 Å². The lowest BCUT2D eigenvalue weighted by molar-refractivity contribution is -0.113. The molecule has 0 bridgehead atoms. The van der Waals surface area contributed by atoms with Gasteiger partial charge in [0.2, 0.25) is 5.91 Å². The van der Waals surface area contributed by atoms with Gasteiger partial charge in [-0.25, -0.2) is 4.79 Å². The number of thioether (sulfide) groups is 1. The van der Waals surface area contributed by atoms with E-state index in [1.807, 2.05) is 43.3 Å². The van der Waals surface area contributed by atoms with Crippen LogP contribution in [0.1, 0.15) is 21.5 Å². The normalized spacial score (nSPS) is 10.2. The molecule has 0 aromatic heterocycles. The van der Waals surface area contributed by atoms with E-state index in [-0.39, 0.29) is 11.9 Å². The van der Waals surface area contributed by atoms with E-state index in [2.05, 4.69) is 10.1 Å². The lowest BCUT2D eigenvalue weighted by Crippen LogP contribution is -2.14. The fourth-order valence-electron chi connectivity index (χ4n) is 2.04. The highest BCUT2D eigenvalue weighted by Crippen LogP contribution is 2.15. The summed E-state index contributed by atoms with van der Waals surface area (Å²) in [5.74, 6) is 0.726. The number of amides is 1. The zero-order valence-electron chi connectivity index (χ0n) is 13.2. The highest BCUT2D eigenvalue weighted by molar-refractivity contribution is 7.99. The van der Waals surface area contributed by atoms with Crippen molar-refractivity contribution in [1.82, 2.24) is 0 Å². The van der Waals surface area contributed by atoms with Crippen molar-refractivity contribution in [3.8, 4) is 0 Å². The highest BCUT2D eigenvalue weighted by Gasteiger charge is 2.06. The van der Waals surface area contributed by atoms with E-state index in [9.17, 15) is 9.59 Å². The molecule has 1 N–H and O–H groups in total. The van der Waals surface area contributed by atoms with Crippen LogP contribution in [-0.2, 0) is 15.3 Å². The molecule has 0 atom stereocenters. The number of anilines is 1. The summed E-state index contributed by atoms with van der Waals surface area (Å²) in [5.41, 5.74) is 3.52. The molecule has 2 aromatic rings. The second-order valence-electron chi connectivity index (χ2n) is 5.10. The minimum atomic E-state index is -0.346. The maximum absolute atomic E-state index is 11.9. The van der Waals surface area contributed by atoms with Gasteiger partial charge in [0, 0.05) is 11.4 Å². The number of carbonyl (C=O) groups is 2. The molecule has 0 heterocycles. The number of carbonyl (C=O) groups excluding carboxylic acids is 2. The van der Waals surface area contributed by atoms with E-state index >= 15 is 0 Å². The van der Waals surface area contributed by atoms with Crippen LogP contribution in [0.4, 0.5) is 5.69 Å². The van der Waals surface area contributed by atoms with E-state index in [4.69, 9.17) is 0 Å². The smallest absolute Gasteiger partial charge is 0.337 e. The van der Waals surface area contributed by atoms with Gasteiger partial charge in [0.1, 0.15) is 0 Å². The number of ether oxygens (including phenoxy) is 1. The first-order chi connectivity index (χ1) is 11.1. The molecule has 5 heteroatoms. The summed E-state index contributed by atoms with van der Waals surface area (Å²) in [6.45, 7) is 1.99. The topological polar surface area (TPSA) is 55.4 Å². The molecule has 0 spiro atoms. The monoisotopic (exact) mass is 329 g/mol. The average molecular weight is 329 g/mol. The minimum absolute atomic E-state index is 0.0215.